The summed E-state index contributed by atoms with van der Waals surface area (Å²) < 4.78 is 13.7. The number of rotatable bonds is 5. The molecule has 5 nitrogen and oxygen atoms in total. The second-order valence-corrected chi connectivity index (χ2v) is 5.97. The average molecular weight is 301 g/mol. The van der Waals surface area contributed by atoms with Crippen molar-refractivity contribution in [3.63, 3.8) is 0 Å². The lowest BCUT2D eigenvalue weighted by molar-refractivity contribution is 0.0886. The predicted octanol–water partition coefficient (Wildman–Crippen LogP) is 2.95. The Bertz CT molecular complexity index is 624. The molecule has 0 fully saturated rings. The van der Waals surface area contributed by atoms with Gasteiger partial charge in [-0.2, -0.15) is 5.10 Å². The molecular weight excluding hydrogens is 278 g/mol. The summed E-state index contributed by atoms with van der Waals surface area (Å²) >= 11 is 0. The normalized spacial score (nSPS) is 18.5. The summed E-state index contributed by atoms with van der Waals surface area (Å²) in [7, 11) is 0. The number of fused-ring (bicyclic) bond motifs is 1. The molecule has 1 aromatic heterocycles. The quantitative estimate of drug-likeness (QED) is 0.922. The van der Waals surface area contributed by atoms with E-state index >= 15 is 0 Å². The number of nitrogens with one attached hydrogen (secondary N) is 1. The van der Waals surface area contributed by atoms with Crippen LogP contribution in [0.4, 0.5) is 0 Å². The molecule has 0 saturated heterocycles. The number of para-hydroxylation sites is 2. The van der Waals surface area contributed by atoms with Crippen molar-refractivity contribution in [1.29, 1.82) is 0 Å². The van der Waals surface area contributed by atoms with E-state index < -0.39 is 0 Å². The third-order valence-electron chi connectivity index (χ3n) is 3.87. The molecule has 2 atom stereocenters. The predicted molar refractivity (Wildman–Crippen MR) is 85.4 cm³/mol. The molecule has 1 aromatic carbocycles. The molecular formula is C17H23N3O2. The highest BCUT2D eigenvalue weighted by Crippen LogP contribution is 2.30. The lowest BCUT2D eigenvalue weighted by Crippen LogP contribution is -2.39. The first-order chi connectivity index (χ1) is 10.6. The Morgan fingerprint density at radius 3 is 2.77 bits per heavy atom. The highest BCUT2D eigenvalue weighted by Gasteiger charge is 2.21. The van der Waals surface area contributed by atoms with Crippen LogP contribution in [0.2, 0.25) is 0 Å². The van der Waals surface area contributed by atoms with E-state index in [1.165, 1.54) is 5.56 Å². The van der Waals surface area contributed by atoms with E-state index in [2.05, 4.69) is 37.4 Å². The van der Waals surface area contributed by atoms with Crippen LogP contribution in [0.15, 0.2) is 36.7 Å². The summed E-state index contributed by atoms with van der Waals surface area (Å²) in [6, 6.07) is 8.40. The fraction of sp³-hybridized carbons (Fsp3) is 0.471. The largest absolute Gasteiger partial charge is 0.486 e. The van der Waals surface area contributed by atoms with E-state index in [0.717, 1.165) is 18.0 Å². The van der Waals surface area contributed by atoms with E-state index in [9.17, 15) is 0 Å². The van der Waals surface area contributed by atoms with Crippen LogP contribution in [0.25, 0.3) is 0 Å². The lowest BCUT2D eigenvalue weighted by atomic mass is 10.2. The molecule has 0 unspecified atom stereocenters. The summed E-state index contributed by atoms with van der Waals surface area (Å²) in [6.07, 6.45) is 4.04. The zero-order valence-corrected chi connectivity index (χ0v) is 13.3. The fourth-order valence-electron chi connectivity index (χ4n) is 2.45. The van der Waals surface area contributed by atoms with Crippen molar-refractivity contribution < 1.29 is 9.47 Å². The van der Waals surface area contributed by atoms with Gasteiger partial charge in [0.15, 0.2) is 11.5 Å². The van der Waals surface area contributed by atoms with Crippen LogP contribution in [0.1, 0.15) is 38.4 Å². The van der Waals surface area contributed by atoms with Crippen LogP contribution in [0.5, 0.6) is 11.5 Å². The third-order valence-corrected chi connectivity index (χ3v) is 3.87. The van der Waals surface area contributed by atoms with Crippen molar-refractivity contribution >= 4 is 0 Å². The monoisotopic (exact) mass is 301 g/mol. The van der Waals surface area contributed by atoms with Crippen molar-refractivity contribution in [3.05, 3.63) is 42.2 Å². The van der Waals surface area contributed by atoms with Crippen molar-refractivity contribution in [2.24, 2.45) is 0 Å². The fourth-order valence-corrected chi connectivity index (χ4v) is 2.45. The molecule has 0 bridgehead atoms. The van der Waals surface area contributed by atoms with Crippen molar-refractivity contribution in [1.82, 2.24) is 15.1 Å². The zero-order valence-electron chi connectivity index (χ0n) is 13.3. The molecule has 1 N–H and O–H groups in total. The maximum absolute atomic E-state index is 5.95. The molecule has 1 aliphatic rings. The number of hydrogen-bond acceptors (Lipinski definition) is 4. The van der Waals surface area contributed by atoms with Gasteiger partial charge in [-0.25, -0.2) is 0 Å². The molecule has 0 aliphatic carbocycles. The molecule has 3 rings (SSSR count). The molecule has 0 spiro atoms. The number of benzene rings is 1. The molecule has 5 heteroatoms. The van der Waals surface area contributed by atoms with Gasteiger partial charge in [-0.3, -0.25) is 4.68 Å². The first-order valence-electron chi connectivity index (χ1n) is 7.79. The molecule has 1 aliphatic heterocycles. The van der Waals surface area contributed by atoms with Crippen LogP contribution < -0.4 is 14.8 Å². The molecule has 0 radical (unpaired) electrons. The van der Waals surface area contributed by atoms with Gasteiger partial charge in [-0.1, -0.05) is 12.1 Å². The SMILES string of the molecule is CC(C)n1cc([C@H](C)NC[C@@H]2COc3ccccc3O2)cn1. The summed E-state index contributed by atoms with van der Waals surface area (Å²) in [4.78, 5) is 0. The third kappa shape index (κ3) is 3.25. The Morgan fingerprint density at radius 1 is 1.27 bits per heavy atom. The van der Waals surface area contributed by atoms with Crippen molar-refractivity contribution in [3.8, 4) is 11.5 Å². The molecule has 22 heavy (non-hydrogen) atoms. The van der Waals surface area contributed by atoms with E-state index in [-0.39, 0.29) is 12.1 Å². The minimum absolute atomic E-state index is 0.0255. The second kappa shape index (κ2) is 6.40. The van der Waals surface area contributed by atoms with Gasteiger partial charge in [0.25, 0.3) is 0 Å². The van der Waals surface area contributed by atoms with Crippen molar-refractivity contribution in [2.45, 2.75) is 39.0 Å². The van der Waals surface area contributed by atoms with Crippen LogP contribution in [-0.4, -0.2) is 29.0 Å². The van der Waals surface area contributed by atoms with Crippen LogP contribution >= 0.6 is 0 Å². The summed E-state index contributed by atoms with van der Waals surface area (Å²) in [5.41, 5.74) is 1.19. The Labute approximate surface area is 131 Å². The number of ether oxygens (including phenoxy) is 2. The number of nitrogens with zero attached hydrogens (tertiary/aromatic N) is 2. The minimum atomic E-state index is 0.0255. The maximum Gasteiger partial charge on any atom is 0.161 e. The van der Waals surface area contributed by atoms with Gasteiger partial charge in [0.2, 0.25) is 0 Å². The molecule has 0 amide bonds. The van der Waals surface area contributed by atoms with Gasteiger partial charge in [-0.05, 0) is 32.9 Å². The summed E-state index contributed by atoms with van der Waals surface area (Å²) in [6.45, 7) is 7.70. The first-order valence-corrected chi connectivity index (χ1v) is 7.79. The van der Waals surface area contributed by atoms with Gasteiger partial charge >= 0.3 is 0 Å². The maximum atomic E-state index is 5.95. The van der Waals surface area contributed by atoms with Crippen molar-refractivity contribution in [2.75, 3.05) is 13.2 Å². The molecule has 118 valence electrons. The Balaban J connectivity index is 1.54. The first kappa shape index (κ1) is 14.9. The number of aromatic nitrogens is 2. The smallest absolute Gasteiger partial charge is 0.161 e. The molecule has 2 aromatic rings. The minimum Gasteiger partial charge on any atom is -0.486 e. The van der Waals surface area contributed by atoms with Crippen LogP contribution in [-0.2, 0) is 0 Å². The van der Waals surface area contributed by atoms with Gasteiger partial charge in [0.05, 0.1) is 6.20 Å². The average Bonchev–Trinajstić information content (AvgIpc) is 3.03. The Hall–Kier alpha value is -2.01. The lowest BCUT2D eigenvalue weighted by Gasteiger charge is -2.27. The van der Waals surface area contributed by atoms with Gasteiger partial charge < -0.3 is 14.8 Å². The second-order valence-electron chi connectivity index (χ2n) is 5.97. The zero-order chi connectivity index (χ0) is 15.5. The van der Waals surface area contributed by atoms with E-state index in [0.29, 0.717) is 12.6 Å². The highest BCUT2D eigenvalue weighted by molar-refractivity contribution is 5.40. The standard InChI is InChI=1S/C17H23N3O2/c1-12(2)20-10-14(8-19-20)13(3)18-9-15-11-21-16-6-4-5-7-17(16)22-15/h4-8,10,12-13,15,18H,9,11H2,1-3H3/t13-,15+/m0/s1. The van der Waals surface area contributed by atoms with Gasteiger partial charge in [0.1, 0.15) is 12.7 Å². The van der Waals surface area contributed by atoms with Gasteiger partial charge in [0, 0.05) is 30.4 Å². The van der Waals surface area contributed by atoms with E-state index in [4.69, 9.17) is 9.47 Å². The van der Waals surface area contributed by atoms with Crippen LogP contribution in [0, 0.1) is 0 Å². The molecule has 2 heterocycles. The Kier molecular flexibility index (Phi) is 4.34. The highest BCUT2D eigenvalue weighted by atomic mass is 16.6. The van der Waals surface area contributed by atoms with Gasteiger partial charge in [-0.15, -0.1) is 0 Å². The topological polar surface area (TPSA) is 48.3 Å². The summed E-state index contributed by atoms with van der Waals surface area (Å²) in [5, 5.41) is 7.88. The molecule has 0 saturated carbocycles. The van der Waals surface area contributed by atoms with E-state index in [1.807, 2.05) is 35.1 Å². The van der Waals surface area contributed by atoms with E-state index in [1.54, 1.807) is 0 Å². The van der Waals surface area contributed by atoms with Crippen LogP contribution in [0.3, 0.4) is 0 Å². The summed E-state index contributed by atoms with van der Waals surface area (Å²) in [5.74, 6) is 1.64. The Morgan fingerprint density at radius 2 is 2.05 bits per heavy atom. The number of hydrogen-bond donors (Lipinski definition) is 1.